The van der Waals surface area contributed by atoms with Gasteiger partial charge in [-0.3, -0.25) is 19.8 Å². The summed E-state index contributed by atoms with van der Waals surface area (Å²) >= 11 is 0. The molecule has 1 aliphatic heterocycles. The van der Waals surface area contributed by atoms with Crippen molar-refractivity contribution >= 4 is 41.5 Å². The fourth-order valence-electron chi connectivity index (χ4n) is 2.78. The van der Waals surface area contributed by atoms with Crippen molar-refractivity contribution in [3.63, 3.8) is 0 Å². The normalized spacial score (nSPS) is 13.5. The molecule has 0 aromatic heterocycles. The molecule has 3 amide bonds. The number of carbonyl (C=O) groups is 3. The zero-order valence-electron chi connectivity index (χ0n) is 15.5. The summed E-state index contributed by atoms with van der Waals surface area (Å²) in [6.07, 6.45) is 0.375. The fourth-order valence-corrected chi connectivity index (χ4v) is 2.78. The summed E-state index contributed by atoms with van der Waals surface area (Å²) in [6.45, 7) is 3.66. The van der Waals surface area contributed by atoms with E-state index >= 15 is 0 Å². The maximum atomic E-state index is 12.5. The number of hydrazine groups is 1. The molecular weight excluding hydrogens is 380 g/mol. The van der Waals surface area contributed by atoms with Crippen LogP contribution in [0.1, 0.15) is 35.7 Å². The Morgan fingerprint density at radius 2 is 1.86 bits per heavy atom. The Bertz CT molecular complexity index is 855. The summed E-state index contributed by atoms with van der Waals surface area (Å²) in [4.78, 5) is 35.9. The fraction of sp³-hybridized carbons (Fsp3) is 0.250. The lowest BCUT2D eigenvalue weighted by Crippen LogP contribution is -2.50. The molecule has 0 bridgehead atoms. The molecule has 2 aromatic rings. The highest BCUT2D eigenvalue weighted by Gasteiger charge is 2.24. The Kier molecular flexibility index (Phi) is 7.54. The van der Waals surface area contributed by atoms with Gasteiger partial charge in [0.15, 0.2) is 0 Å². The Morgan fingerprint density at radius 3 is 2.57 bits per heavy atom. The van der Waals surface area contributed by atoms with Crippen LogP contribution < -0.4 is 21.1 Å². The first-order valence-electron chi connectivity index (χ1n) is 8.90. The summed E-state index contributed by atoms with van der Waals surface area (Å²) in [5.74, 6) is -0.616. The van der Waals surface area contributed by atoms with Crippen molar-refractivity contribution in [1.82, 2.24) is 10.7 Å². The second kappa shape index (κ2) is 9.87. The van der Waals surface area contributed by atoms with E-state index in [1.54, 1.807) is 24.3 Å². The van der Waals surface area contributed by atoms with E-state index in [-0.39, 0.29) is 43.0 Å². The van der Waals surface area contributed by atoms with E-state index in [9.17, 15) is 14.4 Å². The largest absolute Gasteiger partial charge is 0.322 e. The minimum Gasteiger partial charge on any atom is -0.322 e. The Balaban J connectivity index is 0.00000280. The summed E-state index contributed by atoms with van der Waals surface area (Å²) in [7, 11) is 0. The molecule has 0 unspecified atom stereocenters. The zero-order chi connectivity index (χ0) is 19.2. The predicted molar refractivity (Wildman–Crippen MR) is 110 cm³/mol. The van der Waals surface area contributed by atoms with E-state index in [2.05, 4.69) is 16.1 Å². The zero-order valence-corrected chi connectivity index (χ0v) is 16.3. The van der Waals surface area contributed by atoms with Crippen LogP contribution in [0.15, 0.2) is 48.5 Å². The van der Waals surface area contributed by atoms with Crippen LogP contribution in [0.3, 0.4) is 0 Å². The maximum absolute atomic E-state index is 12.5. The van der Waals surface area contributed by atoms with Crippen LogP contribution in [0.4, 0.5) is 11.4 Å². The highest BCUT2D eigenvalue weighted by molar-refractivity contribution is 6.05. The summed E-state index contributed by atoms with van der Waals surface area (Å²) in [5, 5.41) is 7.34. The molecule has 1 aliphatic rings. The number of halogens is 1. The average Bonchev–Trinajstić information content (AvgIpc) is 2.68. The first kappa shape index (κ1) is 21.4. The van der Waals surface area contributed by atoms with Crippen molar-refractivity contribution in [2.75, 3.05) is 16.9 Å². The van der Waals surface area contributed by atoms with Gasteiger partial charge < -0.3 is 10.6 Å². The summed E-state index contributed by atoms with van der Waals surface area (Å²) in [5.41, 5.74) is 5.33. The van der Waals surface area contributed by atoms with Crippen LogP contribution in [0.25, 0.3) is 0 Å². The number of hydrogen-bond donors (Lipinski definition) is 3. The number of nitrogens with zero attached hydrogens (tertiary/aromatic N) is 1. The van der Waals surface area contributed by atoms with Crippen molar-refractivity contribution in [1.29, 1.82) is 0 Å². The number of anilines is 2. The Hall–Kier alpha value is -2.90. The van der Waals surface area contributed by atoms with Gasteiger partial charge in [0, 0.05) is 30.6 Å². The first-order chi connectivity index (χ1) is 13.1. The lowest BCUT2D eigenvalue weighted by Gasteiger charge is -2.27. The maximum Gasteiger partial charge on any atom is 0.255 e. The van der Waals surface area contributed by atoms with Crippen LogP contribution in [0, 0.1) is 0 Å². The van der Waals surface area contributed by atoms with Crippen LogP contribution in [0.5, 0.6) is 0 Å². The van der Waals surface area contributed by atoms with E-state index in [1.807, 2.05) is 31.2 Å². The van der Waals surface area contributed by atoms with Gasteiger partial charge in [-0.05, 0) is 48.5 Å². The molecule has 7 nitrogen and oxygen atoms in total. The molecule has 148 valence electrons. The average molecular weight is 403 g/mol. The molecule has 3 N–H and O–H groups in total. The number of nitrogens with one attached hydrogen (secondary N) is 3. The quantitative estimate of drug-likeness (QED) is 0.692. The summed E-state index contributed by atoms with van der Waals surface area (Å²) in [6, 6.07) is 14.2. The minimum atomic E-state index is -0.240. The van der Waals surface area contributed by atoms with Gasteiger partial charge in [-0.2, -0.15) is 0 Å². The molecule has 0 saturated carbocycles. The highest BCUT2D eigenvalue weighted by atomic mass is 35.5. The monoisotopic (exact) mass is 402 g/mol. The van der Waals surface area contributed by atoms with Gasteiger partial charge in [-0.25, -0.2) is 5.01 Å². The first-order valence-corrected chi connectivity index (χ1v) is 8.90. The third-order valence-corrected chi connectivity index (χ3v) is 4.20. The van der Waals surface area contributed by atoms with Crippen LogP contribution in [-0.4, -0.2) is 24.3 Å². The molecule has 1 heterocycles. The molecule has 1 fully saturated rings. The molecule has 8 heteroatoms. The van der Waals surface area contributed by atoms with Gasteiger partial charge in [-0.1, -0.05) is 19.1 Å². The molecular formula is C20H23ClN4O3. The Labute approximate surface area is 169 Å². The van der Waals surface area contributed by atoms with Gasteiger partial charge in [0.05, 0.1) is 5.69 Å². The molecule has 1 saturated heterocycles. The van der Waals surface area contributed by atoms with Crippen LogP contribution in [0.2, 0.25) is 0 Å². The number of benzene rings is 2. The van der Waals surface area contributed by atoms with Crippen molar-refractivity contribution in [3.8, 4) is 0 Å². The molecule has 28 heavy (non-hydrogen) atoms. The number of carbonyl (C=O) groups excluding carboxylic acids is 3. The second-order valence-corrected chi connectivity index (χ2v) is 6.25. The van der Waals surface area contributed by atoms with Crippen molar-refractivity contribution in [3.05, 3.63) is 59.7 Å². The Morgan fingerprint density at radius 1 is 1.11 bits per heavy atom. The number of hydrogen-bond acceptors (Lipinski definition) is 4. The third-order valence-electron chi connectivity index (χ3n) is 4.20. The van der Waals surface area contributed by atoms with Crippen molar-refractivity contribution in [2.45, 2.75) is 26.3 Å². The van der Waals surface area contributed by atoms with Gasteiger partial charge >= 0.3 is 0 Å². The van der Waals surface area contributed by atoms with Gasteiger partial charge in [-0.15, -0.1) is 12.4 Å². The second-order valence-electron chi connectivity index (χ2n) is 6.25. The number of rotatable bonds is 6. The SMILES string of the molecule is CCNCc1cccc(NC(=O)c2ccc(N3NC(=O)CCC3=O)cc2)c1.Cl. The van der Waals surface area contributed by atoms with Crippen molar-refractivity contribution in [2.24, 2.45) is 0 Å². The summed E-state index contributed by atoms with van der Waals surface area (Å²) < 4.78 is 0. The predicted octanol–water partition coefficient (Wildman–Crippen LogP) is 2.63. The lowest BCUT2D eigenvalue weighted by molar-refractivity contribution is -0.130. The van der Waals surface area contributed by atoms with Crippen LogP contribution in [-0.2, 0) is 16.1 Å². The smallest absolute Gasteiger partial charge is 0.255 e. The van der Waals surface area contributed by atoms with E-state index in [0.29, 0.717) is 11.3 Å². The van der Waals surface area contributed by atoms with Gasteiger partial charge in [0.25, 0.3) is 5.91 Å². The molecule has 0 aliphatic carbocycles. The molecule has 3 rings (SSSR count). The van der Waals surface area contributed by atoms with E-state index in [1.165, 1.54) is 5.01 Å². The molecule has 0 spiro atoms. The van der Waals surface area contributed by atoms with Crippen LogP contribution >= 0.6 is 12.4 Å². The molecule has 0 radical (unpaired) electrons. The third kappa shape index (κ3) is 5.31. The molecule has 2 aromatic carbocycles. The van der Waals surface area contributed by atoms with E-state index in [0.717, 1.165) is 24.3 Å². The number of amides is 3. The highest BCUT2D eigenvalue weighted by Crippen LogP contribution is 2.19. The van der Waals surface area contributed by atoms with Gasteiger partial charge in [0.2, 0.25) is 11.8 Å². The topological polar surface area (TPSA) is 90.5 Å². The van der Waals surface area contributed by atoms with E-state index in [4.69, 9.17) is 0 Å². The minimum absolute atomic E-state index is 0. The standard InChI is InChI=1S/C20H22N4O3.ClH/c1-2-21-13-14-4-3-5-16(12-14)22-20(27)15-6-8-17(9-7-15)24-19(26)11-10-18(25)23-24;/h3-9,12,21H,2,10-11,13H2,1H3,(H,22,27)(H,23,25);1H. The van der Waals surface area contributed by atoms with E-state index < -0.39 is 0 Å². The van der Waals surface area contributed by atoms with Gasteiger partial charge in [0.1, 0.15) is 0 Å². The molecule has 0 atom stereocenters. The van der Waals surface area contributed by atoms with Crippen molar-refractivity contribution < 1.29 is 14.4 Å². The lowest BCUT2D eigenvalue weighted by atomic mass is 10.1.